The predicted molar refractivity (Wildman–Crippen MR) is 79.8 cm³/mol. The molecule has 0 aliphatic heterocycles. The first-order chi connectivity index (χ1) is 9.06. The Hall–Kier alpha value is -1.53. The zero-order valence-corrected chi connectivity index (χ0v) is 12.7. The molecule has 0 atom stereocenters. The summed E-state index contributed by atoms with van der Waals surface area (Å²) in [6, 6.07) is 9.97. The van der Waals surface area contributed by atoms with Crippen LogP contribution >= 0.6 is 31.9 Å². The number of phenolic OH excluding ortho intramolecular Hbond substituents is 2. The van der Waals surface area contributed by atoms with Crippen molar-refractivity contribution in [1.82, 2.24) is 9.78 Å². The molecule has 1 heterocycles. The van der Waals surface area contributed by atoms with E-state index < -0.39 is 0 Å². The number of hydrogen-bond acceptors (Lipinski definition) is 3. The van der Waals surface area contributed by atoms with E-state index in [0.717, 1.165) is 25.7 Å². The number of fused-ring (bicyclic) bond motifs is 1. The molecule has 6 heteroatoms. The van der Waals surface area contributed by atoms with Crippen molar-refractivity contribution in [3.05, 3.63) is 45.5 Å². The first-order valence-electron chi connectivity index (χ1n) is 5.42. The molecule has 0 unspecified atom stereocenters. The fourth-order valence-electron chi connectivity index (χ4n) is 1.87. The average molecular weight is 384 g/mol. The van der Waals surface area contributed by atoms with Crippen molar-refractivity contribution in [2.24, 2.45) is 0 Å². The van der Waals surface area contributed by atoms with E-state index in [4.69, 9.17) is 0 Å². The molecule has 0 fully saturated rings. The number of benzene rings is 2. The molecule has 0 radical (unpaired) electrons. The summed E-state index contributed by atoms with van der Waals surface area (Å²) in [6.07, 6.45) is 0. The zero-order valence-electron chi connectivity index (χ0n) is 9.51. The molecule has 96 valence electrons. The van der Waals surface area contributed by atoms with Crippen LogP contribution in [0.25, 0.3) is 16.6 Å². The number of aromatic nitrogens is 2. The molecule has 0 aliphatic carbocycles. The molecule has 1 aromatic heterocycles. The van der Waals surface area contributed by atoms with Crippen molar-refractivity contribution in [3.63, 3.8) is 0 Å². The molecule has 2 aromatic carbocycles. The van der Waals surface area contributed by atoms with E-state index >= 15 is 0 Å². The lowest BCUT2D eigenvalue weighted by Crippen LogP contribution is -1.95. The Balaban J connectivity index is 2.28. The first-order valence-corrected chi connectivity index (χ1v) is 7.01. The van der Waals surface area contributed by atoms with E-state index in [1.807, 2.05) is 0 Å². The van der Waals surface area contributed by atoms with Gasteiger partial charge >= 0.3 is 0 Å². The topological polar surface area (TPSA) is 58.3 Å². The average Bonchev–Trinajstić information content (AvgIpc) is 2.69. The van der Waals surface area contributed by atoms with Gasteiger partial charge in [0.1, 0.15) is 21.6 Å². The van der Waals surface area contributed by atoms with E-state index in [1.165, 1.54) is 0 Å². The molecule has 4 nitrogen and oxygen atoms in total. The van der Waals surface area contributed by atoms with Gasteiger partial charge < -0.3 is 10.2 Å². The fraction of sp³-hybridized carbons (Fsp3) is 0. The summed E-state index contributed by atoms with van der Waals surface area (Å²) < 4.78 is 3.17. The fourth-order valence-corrected chi connectivity index (χ4v) is 2.98. The molecule has 19 heavy (non-hydrogen) atoms. The highest BCUT2D eigenvalue weighted by atomic mass is 79.9. The van der Waals surface area contributed by atoms with Crippen LogP contribution < -0.4 is 0 Å². The Bertz CT molecular complexity index is 766. The van der Waals surface area contributed by atoms with Gasteiger partial charge in [0.25, 0.3) is 0 Å². The summed E-state index contributed by atoms with van der Waals surface area (Å²) in [7, 11) is 0. The second-order valence-electron chi connectivity index (χ2n) is 4.04. The van der Waals surface area contributed by atoms with Crippen LogP contribution in [-0.2, 0) is 0 Å². The largest absolute Gasteiger partial charge is 0.508 e. The van der Waals surface area contributed by atoms with Crippen molar-refractivity contribution in [2.75, 3.05) is 0 Å². The van der Waals surface area contributed by atoms with Crippen molar-refractivity contribution in [3.8, 4) is 17.2 Å². The van der Waals surface area contributed by atoms with Crippen LogP contribution in [-0.4, -0.2) is 20.0 Å². The van der Waals surface area contributed by atoms with Gasteiger partial charge in [0.2, 0.25) is 0 Å². The second-order valence-corrected chi connectivity index (χ2v) is 5.65. The number of phenols is 2. The third-order valence-corrected chi connectivity index (χ3v) is 4.12. The van der Waals surface area contributed by atoms with Crippen LogP contribution in [0.2, 0.25) is 0 Å². The summed E-state index contributed by atoms with van der Waals surface area (Å²) in [5, 5.41) is 24.2. The second kappa shape index (κ2) is 4.54. The Morgan fingerprint density at radius 3 is 2.32 bits per heavy atom. The van der Waals surface area contributed by atoms with Crippen LogP contribution in [0.5, 0.6) is 11.5 Å². The summed E-state index contributed by atoms with van der Waals surface area (Å²) >= 11 is 6.86. The lowest BCUT2D eigenvalue weighted by molar-refractivity contribution is 0.475. The summed E-state index contributed by atoms with van der Waals surface area (Å²) in [6.45, 7) is 0. The lowest BCUT2D eigenvalue weighted by atomic mass is 10.2. The van der Waals surface area contributed by atoms with Gasteiger partial charge in [-0.15, -0.1) is 0 Å². The van der Waals surface area contributed by atoms with Gasteiger partial charge in [0.05, 0.1) is 5.69 Å². The highest BCUT2D eigenvalue weighted by Gasteiger charge is 2.13. The molecule has 2 N–H and O–H groups in total. The van der Waals surface area contributed by atoms with Crippen LogP contribution in [0, 0.1) is 0 Å². The molecule has 0 spiro atoms. The Morgan fingerprint density at radius 1 is 0.947 bits per heavy atom. The number of aromatic hydroxyl groups is 2. The van der Waals surface area contributed by atoms with Gasteiger partial charge in [0.15, 0.2) is 0 Å². The van der Waals surface area contributed by atoms with Crippen LogP contribution in [0.15, 0.2) is 45.5 Å². The number of rotatable bonds is 1. The Kier molecular flexibility index (Phi) is 2.99. The standard InChI is InChI=1S/C13H8Br2N2O2/c14-11-6-9(19)5-10-12(11)16-17(13(10)15)7-1-3-8(18)4-2-7/h1-6,18-19H. The third-order valence-electron chi connectivity index (χ3n) is 2.75. The molecular weight excluding hydrogens is 376 g/mol. The minimum Gasteiger partial charge on any atom is -0.508 e. The molecule has 3 rings (SSSR count). The predicted octanol–water partition coefficient (Wildman–Crippen LogP) is 3.96. The highest BCUT2D eigenvalue weighted by molar-refractivity contribution is 9.11. The summed E-state index contributed by atoms with van der Waals surface area (Å²) in [5.41, 5.74) is 1.56. The monoisotopic (exact) mass is 382 g/mol. The SMILES string of the molecule is Oc1ccc(-n2nc3c(Br)cc(O)cc3c2Br)cc1. The van der Waals surface area contributed by atoms with Gasteiger partial charge in [0, 0.05) is 9.86 Å². The highest BCUT2D eigenvalue weighted by Crippen LogP contribution is 2.34. The summed E-state index contributed by atoms with van der Waals surface area (Å²) in [4.78, 5) is 0. The van der Waals surface area contributed by atoms with Gasteiger partial charge in [-0.05, 0) is 68.3 Å². The minimum absolute atomic E-state index is 0.172. The van der Waals surface area contributed by atoms with Gasteiger partial charge in [-0.2, -0.15) is 5.10 Å². The first kappa shape index (κ1) is 12.5. The quantitative estimate of drug-likeness (QED) is 0.668. The maximum atomic E-state index is 9.63. The van der Waals surface area contributed by atoms with E-state index in [0.29, 0.717) is 0 Å². The normalized spacial score (nSPS) is 11.1. The molecule has 0 saturated carbocycles. The van der Waals surface area contributed by atoms with Crippen molar-refractivity contribution < 1.29 is 10.2 Å². The van der Waals surface area contributed by atoms with Gasteiger partial charge in [-0.25, -0.2) is 4.68 Å². The third kappa shape index (κ3) is 2.11. The smallest absolute Gasteiger partial charge is 0.117 e. The van der Waals surface area contributed by atoms with Crippen molar-refractivity contribution in [1.29, 1.82) is 0 Å². The summed E-state index contributed by atoms with van der Waals surface area (Å²) in [5.74, 6) is 0.376. The molecule has 0 amide bonds. The maximum absolute atomic E-state index is 9.63. The van der Waals surface area contributed by atoms with Crippen LogP contribution in [0.3, 0.4) is 0 Å². The maximum Gasteiger partial charge on any atom is 0.117 e. The van der Waals surface area contributed by atoms with Crippen LogP contribution in [0.1, 0.15) is 0 Å². The number of halogens is 2. The zero-order chi connectivity index (χ0) is 13.6. The molecule has 0 aliphatic rings. The minimum atomic E-state index is 0.172. The molecule has 3 aromatic rings. The van der Waals surface area contributed by atoms with Gasteiger partial charge in [-0.3, -0.25) is 0 Å². The Labute approximate surface area is 125 Å². The van der Waals surface area contributed by atoms with Gasteiger partial charge in [-0.1, -0.05) is 0 Å². The van der Waals surface area contributed by atoms with Crippen molar-refractivity contribution >= 4 is 42.8 Å². The molecule has 0 saturated heterocycles. The van der Waals surface area contributed by atoms with Crippen LogP contribution in [0.4, 0.5) is 0 Å². The van der Waals surface area contributed by atoms with E-state index in [2.05, 4.69) is 37.0 Å². The molecule has 0 bridgehead atoms. The Morgan fingerprint density at radius 2 is 1.63 bits per heavy atom. The van der Waals surface area contributed by atoms with Crippen molar-refractivity contribution in [2.45, 2.75) is 0 Å². The number of hydrogen-bond donors (Lipinski definition) is 2. The lowest BCUT2D eigenvalue weighted by Gasteiger charge is -2.02. The van der Waals surface area contributed by atoms with E-state index in [1.54, 1.807) is 41.1 Å². The number of nitrogens with zero attached hydrogens (tertiary/aromatic N) is 2. The van der Waals surface area contributed by atoms with E-state index in [-0.39, 0.29) is 11.5 Å². The van der Waals surface area contributed by atoms with E-state index in [9.17, 15) is 10.2 Å². The molecular formula is C13H8Br2N2O2.